The number of ketones is 1. The fourth-order valence-corrected chi connectivity index (χ4v) is 3.30. The molecular weight excluding hydrogens is 278 g/mol. The molecule has 0 saturated carbocycles. The molecule has 0 bridgehead atoms. The first-order chi connectivity index (χ1) is 10.7. The Morgan fingerprint density at radius 3 is 2.64 bits per heavy atom. The van der Waals surface area contributed by atoms with Crippen molar-refractivity contribution in [3.63, 3.8) is 0 Å². The zero-order valence-corrected chi connectivity index (χ0v) is 14.2. The molecule has 4 heteroatoms. The summed E-state index contributed by atoms with van der Waals surface area (Å²) in [7, 11) is 0. The molecule has 1 fully saturated rings. The van der Waals surface area contributed by atoms with Crippen LogP contribution in [0.4, 0.5) is 0 Å². The number of Topliss-reactive ketones (excluding diaryl/α,β-unsaturated/α-hetero) is 1. The maximum Gasteiger partial charge on any atom is 0.171 e. The third kappa shape index (κ3) is 3.72. The zero-order valence-electron chi connectivity index (χ0n) is 14.2. The van der Waals surface area contributed by atoms with E-state index in [0.29, 0.717) is 6.61 Å². The highest BCUT2D eigenvalue weighted by Crippen LogP contribution is 2.37. The number of hydrogen-bond donors (Lipinski definition) is 0. The van der Waals surface area contributed by atoms with E-state index in [1.807, 2.05) is 6.92 Å². The standard InChI is InChI=1S/C18H29NO3/c1-4-7-14-13-16(22-6-3)17(18(14)20)15(8-5-2)19-9-11-21-12-10-19/h8,14H,4-7,9-13H2,1-3H3/b15-8-. The van der Waals surface area contributed by atoms with Crippen LogP contribution in [-0.4, -0.2) is 43.6 Å². The summed E-state index contributed by atoms with van der Waals surface area (Å²) >= 11 is 0. The average molecular weight is 307 g/mol. The lowest BCUT2D eigenvalue weighted by Gasteiger charge is -2.32. The number of rotatable bonds is 7. The van der Waals surface area contributed by atoms with Crippen LogP contribution < -0.4 is 0 Å². The van der Waals surface area contributed by atoms with Gasteiger partial charge in [0.05, 0.1) is 25.4 Å². The Bertz CT molecular complexity index is 447. The van der Waals surface area contributed by atoms with Crippen molar-refractivity contribution in [1.29, 1.82) is 0 Å². The number of allylic oxidation sites excluding steroid dienone is 3. The van der Waals surface area contributed by atoms with Crippen molar-refractivity contribution >= 4 is 5.78 Å². The van der Waals surface area contributed by atoms with Gasteiger partial charge in [-0.15, -0.1) is 0 Å². The SMILES string of the molecule is CC/C=C(/C1=C(OCC)CC(CCC)C1=O)N1CCOCC1. The van der Waals surface area contributed by atoms with E-state index in [0.717, 1.165) is 69.0 Å². The van der Waals surface area contributed by atoms with Crippen LogP contribution in [0.15, 0.2) is 23.1 Å². The average Bonchev–Trinajstić information content (AvgIpc) is 2.83. The van der Waals surface area contributed by atoms with Gasteiger partial charge in [0.1, 0.15) is 5.76 Å². The molecule has 4 nitrogen and oxygen atoms in total. The minimum atomic E-state index is 0.0999. The van der Waals surface area contributed by atoms with Gasteiger partial charge in [0.25, 0.3) is 0 Å². The minimum absolute atomic E-state index is 0.0999. The summed E-state index contributed by atoms with van der Waals surface area (Å²) in [4.78, 5) is 15.2. The lowest BCUT2D eigenvalue weighted by atomic mass is 9.97. The van der Waals surface area contributed by atoms with E-state index in [9.17, 15) is 4.79 Å². The molecule has 0 N–H and O–H groups in total. The van der Waals surface area contributed by atoms with E-state index >= 15 is 0 Å². The van der Waals surface area contributed by atoms with Crippen molar-refractivity contribution in [2.75, 3.05) is 32.9 Å². The van der Waals surface area contributed by atoms with Crippen molar-refractivity contribution in [1.82, 2.24) is 4.90 Å². The predicted molar refractivity (Wildman–Crippen MR) is 87.4 cm³/mol. The van der Waals surface area contributed by atoms with E-state index in [2.05, 4.69) is 24.8 Å². The van der Waals surface area contributed by atoms with Crippen LogP contribution in [0.3, 0.4) is 0 Å². The molecule has 0 amide bonds. The van der Waals surface area contributed by atoms with Gasteiger partial charge in [-0.3, -0.25) is 4.79 Å². The lowest BCUT2D eigenvalue weighted by Crippen LogP contribution is -2.37. The molecule has 1 saturated heterocycles. The van der Waals surface area contributed by atoms with Crippen LogP contribution in [0.2, 0.25) is 0 Å². The molecule has 1 aliphatic carbocycles. The maximum atomic E-state index is 12.9. The van der Waals surface area contributed by atoms with Crippen LogP contribution in [-0.2, 0) is 14.3 Å². The van der Waals surface area contributed by atoms with Crippen molar-refractivity contribution in [2.24, 2.45) is 5.92 Å². The molecule has 1 atom stereocenters. The quantitative estimate of drug-likeness (QED) is 0.723. The van der Waals surface area contributed by atoms with Crippen LogP contribution in [0.25, 0.3) is 0 Å². The highest BCUT2D eigenvalue weighted by Gasteiger charge is 2.37. The van der Waals surface area contributed by atoms with Crippen molar-refractivity contribution in [3.05, 3.63) is 23.1 Å². The van der Waals surface area contributed by atoms with E-state index in [1.165, 1.54) is 0 Å². The smallest absolute Gasteiger partial charge is 0.171 e. The molecule has 2 aliphatic rings. The molecule has 1 heterocycles. The van der Waals surface area contributed by atoms with E-state index in [-0.39, 0.29) is 11.7 Å². The fraction of sp³-hybridized carbons (Fsp3) is 0.722. The number of carbonyl (C=O) groups is 1. The largest absolute Gasteiger partial charge is 0.497 e. The number of ether oxygens (including phenoxy) is 2. The van der Waals surface area contributed by atoms with Crippen molar-refractivity contribution < 1.29 is 14.3 Å². The van der Waals surface area contributed by atoms with Crippen LogP contribution >= 0.6 is 0 Å². The molecule has 1 unspecified atom stereocenters. The van der Waals surface area contributed by atoms with Gasteiger partial charge >= 0.3 is 0 Å². The second-order valence-electron chi connectivity index (χ2n) is 5.88. The first-order valence-corrected chi connectivity index (χ1v) is 8.66. The van der Waals surface area contributed by atoms with E-state index in [1.54, 1.807) is 0 Å². The summed E-state index contributed by atoms with van der Waals surface area (Å²) < 4.78 is 11.3. The Labute approximate surface area is 134 Å². The highest BCUT2D eigenvalue weighted by atomic mass is 16.5. The minimum Gasteiger partial charge on any atom is -0.497 e. The van der Waals surface area contributed by atoms with Gasteiger partial charge in [0.15, 0.2) is 5.78 Å². The molecular formula is C18H29NO3. The molecule has 22 heavy (non-hydrogen) atoms. The van der Waals surface area contributed by atoms with Gasteiger partial charge in [-0.25, -0.2) is 0 Å². The number of morpholine rings is 1. The number of nitrogens with zero attached hydrogens (tertiary/aromatic N) is 1. The summed E-state index contributed by atoms with van der Waals surface area (Å²) in [5, 5.41) is 0. The van der Waals surface area contributed by atoms with E-state index in [4.69, 9.17) is 9.47 Å². The summed E-state index contributed by atoms with van der Waals surface area (Å²) in [6, 6.07) is 0. The Hall–Kier alpha value is -1.29. The second kappa shape index (κ2) is 8.37. The predicted octanol–water partition coefficient (Wildman–Crippen LogP) is 3.29. The van der Waals surface area contributed by atoms with Gasteiger partial charge in [-0.2, -0.15) is 0 Å². The van der Waals surface area contributed by atoms with Crippen molar-refractivity contribution in [2.45, 2.75) is 46.5 Å². The van der Waals surface area contributed by atoms with E-state index < -0.39 is 0 Å². The maximum absolute atomic E-state index is 12.9. The molecule has 2 rings (SSSR count). The molecule has 0 aromatic rings. The summed E-state index contributed by atoms with van der Waals surface area (Å²) in [6.45, 7) is 10.0. The van der Waals surface area contributed by atoms with Crippen LogP contribution in [0.5, 0.6) is 0 Å². The molecule has 1 aliphatic heterocycles. The molecule has 0 aromatic carbocycles. The Morgan fingerprint density at radius 2 is 2.05 bits per heavy atom. The summed E-state index contributed by atoms with van der Waals surface area (Å²) in [5.74, 6) is 1.27. The highest BCUT2D eigenvalue weighted by molar-refractivity contribution is 6.03. The Kier molecular flexibility index (Phi) is 6.49. The van der Waals surface area contributed by atoms with Gasteiger partial charge in [-0.05, 0) is 19.8 Å². The van der Waals surface area contributed by atoms with Gasteiger partial charge in [0, 0.05) is 31.1 Å². The zero-order chi connectivity index (χ0) is 15.9. The molecule has 0 radical (unpaired) electrons. The Balaban J connectivity index is 2.30. The Morgan fingerprint density at radius 1 is 1.32 bits per heavy atom. The second-order valence-corrected chi connectivity index (χ2v) is 5.88. The third-order valence-electron chi connectivity index (χ3n) is 4.29. The van der Waals surface area contributed by atoms with Crippen LogP contribution in [0.1, 0.15) is 46.5 Å². The number of hydrogen-bond acceptors (Lipinski definition) is 4. The first kappa shape index (κ1) is 17.1. The first-order valence-electron chi connectivity index (χ1n) is 8.66. The van der Waals surface area contributed by atoms with Gasteiger partial charge < -0.3 is 14.4 Å². The third-order valence-corrected chi connectivity index (χ3v) is 4.29. The van der Waals surface area contributed by atoms with Crippen LogP contribution in [0, 0.1) is 5.92 Å². The normalized spacial score (nSPS) is 23.4. The lowest BCUT2D eigenvalue weighted by molar-refractivity contribution is -0.118. The topological polar surface area (TPSA) is 38.8 Å². The number of carbonyl (C=O) groups excluding carboxylic acids is 1. The monoisotopic (exact) mass is 307 g/mol. The van der Waals surface area contributed by atoms with Gasteiger partial charge in [-0.1, -0.05) is 26.3 Å². The van der Waals surface area contributed by atoms with Crippen molar-refractivity contribution in [3.8, 4) is 0 Å². The molecule has 0 aromatic heterocycles. The molecule has 0 spiro atoms. The fourth-order valence-electron chi connectivity index (χ4n) is 3.30. The summed E-state index contributed by atoms with van der Waals surface area (Å²) in [5.41, 5.74) is 1.90. The summed E-state index contributed by atoms with van der Waals surface area (Å²) in [6.07, 6.45) is 5.84. The molecule has 124 valence electrons. The van der Waals surface area contributed by atoms with Gasteiger partial charge in [0.2, 0.25) is 0 Å².